The molecule has 0 bridgehead atoms. The van der Waals surface area contributed by atoms with E-state index in [1.54, 1.807) is 49.8 Å². The van der Waals surface area contributed by atoms with Crippen molar-refractivity contribution in [1.29, 1.82) is 0 Å². The number of rotatable bonds is 8. The molecule has 1 atom stereocenters. The topological polar surface area (TPSA) is 80.9 Å². The van der Waals surface area contributed by atoms with Gasteiger partial charge in [0.2, 0.25) is 5.91 Å². The highest BCUT2D eigenvalue weighted by atomic mass is 32.1. The third-order valence-electron chi connectivity index (χ3n) is 4.07. The van der Waals surface area contributed by atoms with Gasteiger partial charge in [-0.2, -0.15) is 11.3 Å². The highest BCUT2D eigenvalue weighted by Gasteiger charge is 2.15. The van der Waals surface area contributed by atoms with Crippen LogP contribution in [0.15, 0.2) is 51.6 Å². The lowest BCUT2D eigenvalue weighted by Crippen LogP contribution is -2.29. The first-order valence-electron chi connectivity index (χ1n) is 8.38. The normalized spacial score (nSPS) is 11.8. The Bertz CT molecular complexity index is 888. The molecule has 7 heteroatoms. The fourth-order valence-electron chi connectivity index (χ4n) is 2.64. The first-order valence-corrected chi connectivity index (χ1v) is 9.33. The molecular formula is C20H21NO5S. The summed E-state index contributed by atoms with van der Waals surface area (Å²) in [6.07, 6.45) is -0.738. The summed E-state index contributed by atoms with van der Waals surface area (Å²) in [5, 5.41) is 16.9. The van der Waals surface area contributed by atoms with Crippen LogP contribution in [-0.2, 0) is 11.2 Å². The molecule has 0 aliphatic rings. The Hall–Kier alpha value is -2.77. The molecule has 0 radical (unpaired) electrons. The number of aliphatic hydroxyl groups is 1. The number of carbonyl (C=O) groups is 1. The average molecular weight is 387 g/mol. The van der Waals surface area contributed by atoms with Gasteiger partial charge in [0.25, 0.3) is 0 Å². The summed E-state index contributed by atoms with van der Waals surface area (Å²) in [4.78, 5) is 12.2. The van der Waals surface area contributed by atoms with Crippen LogP contribution in [0.1, 0.15) is 17.4 Å². The quantitative estimate of drug-likeness (QED) is 0.619. The van der Waals surface area contributed by atoms with Crippen LogP contribution in [0.4, 0.5) is 0 Å². The van der Waals surface area contributed by atoms with Crippen molar-refractivity contribution in [1.82, 2.24) is 5.32 Å². The predicted molar refractivity (Wildman–Crippen MR) is 103 cm³/mol. The van der Waals surface area contributed by atoms with Gasteiger partial charge in [0.15, 0.2) is 11.5 Å². The molecule has 0 saturated heterocycles. The fourth-order valence-corrected chi connectivity index (χ4v) is 3.29. The second kappa shape index (κ2) is 8.75. The summed E-state index contributed by atoms with van der Waals surface area (Å²) in [6.45, 7) is 0.0721. The highest BCUT2D eigenvalue weighted by molar-refractivity contribution is 7.08. The third-order valence-corrected chi connectivity index (χ3v) is 4.75. The van der Waals surface area contributed by atoms with Gasteiger partial charge < -0.3 is 24.3 Å². The predicted octanol–water partition coefficient (Wildman–Crippen LogP) is 3.42. The first kappa shape index (κ1) is 19.0. The molecular weight excluding hydrogens is 366 g/mol. The maximum absolute atomic E-state index is 12.2. The van der Waals surface area contributed by atoms with Gasteiger partial charge in [-0.05, 0) is 41.3 Å². The van der Waals surface area contributed by atoms with Crippen LogP contribution in [0.3, 0.4) is 0 Å². The van der Waals surface area contributed by atoms with Crippen LogP contribution in [0.5, 0.6) is 11.5 Å². The van der Waals surface area contributed by atoms with Crippen molar-refractivity contribution in [3.63, 3.8) is 0 Å². The molecule has 0 unspecified atom stereocenters. The van der Waals surface area contributed by atoms with Crippen LogP contribution in [0, 0.1) is 0 Å². The van der Waals surface area contributed by atoms with Crippen molar-refractivity contribution in [2.45, 2.75) is 12.5 Å². The number of benzene rings is 1. The molecule has 1 aromatic carbocycles. The van der Waals surface area contributed by atoms with E-state index < -0.39 is 6.10 Å². The standard InChI is InChI=1S/C20H21NO5S/c1-24-18-4-3-13(9-19(18)25-2)10-20(23)21-11-15(22)17-6-5-16(26-17)14-7-8-27-12-14/h3-9,12,15,22H,10-11H2,1-2H3,(H,21,23)/t15-/m1/s1. The summed E-state index contributed by atoms with van der Waals surface area (Å²) in [5.41, 5.74) is 1.76. The van der Waals surface area contributed by atoms with E-state index in [2.05, 4.69) is 5.32 Å². The van der Waals surface area contributed by atoms with Gasteiger partial charge in [0, 0.05) is 10.9 Å². The van der Waals surface area contributed by atoms with E-state index in [0.717, 1.165) is 11.1 Å². The van der Waals surface area contributed by atoms with E-state index >= 15 is 0 Å². The van der Waals surface area contributed by atoms with Crippen LogP contribution < -0.4 is 14.8 Å². The molecule has 0 aliphatic carbocycles. The van der Waals surface area contributed by atoms with Gasteiger partial charge in [-0.25, -0.2) is 0 Å². The highest BCUT2D eigenvalue weighted by Crippen LogP contribution is 2.28. The summed E-state index contributed by atoms with van der Waals surface area (Å²) in [6, 6.07) is 10.8. The maximum atomic E-state index is 12.2. The summed E-state index contributed by atoms with van der Waals surface area (Å²) in [5.74, 6) is 2.09. The van der Waals surface area contributed by atoms with Crippen LogP contribution in [0.2, 0.25) is 0 Å². The number of aliphatic hydroxyl groups excluding tert-OH is 1. The molecule has 0 fully saturated rings. The molecule has 1 amide bonds. The summed E-state index contributed by atoms with van der Waals surface area (Å²) < 4.78 is 16.1. The Kier molecular flexibility index (Phi) is 6.16. The van der Waals surface area contributed by atoms with Crippen molar-refractivity contribution in [2.24, 2.45) is 0 Å². The van der Waals surface area contributed by atoms with E-state index in [1.807, 2.05) is 22.9 Å². The van der Waals surface area contributed by atoms with Crippen molar-refractivity contribution in [3.05, 3.63) is 58.5 Å². The van der Waals surface area contributed by atoms with E-state index in [-0.39, 0.29) is 18.9 Å². The number of amides is 1. The lowest BCUT2D eigenvalue weighted by molar-refractivity contribution is -0.120. The van der Waals surface area contributed by atoms with Gasteiger partial charge in [-0.3, -0.25) is 4.79 Å². The van der Waals surface area contributed by atoms with Crippen molar-refractivity contribution >= 4 is 17.2 Å². The number of hydrogen-bond donors (Lipinski definition) is 2. The molecule has 3 aromatic rings. The molecule has 2 aromatic heterocycles. The minimum absolute atomic E-state index is 0.0721. The van der Waals surface area contributed by atoms with E-state index in [4.69, 9.17) is 13.9 Å². The first-order chi connectivity index (χ1) is 13.1. The number of carbonyl (C=O) groups excluding carboxylic acids is 1. The summed E-state index contributed by atoms with van der Waals surface area (Å²) >= 11 is 1.58. The van der Waals surface area contributed by atoms with Crippen molar-refractivity contribution in [3.8, 4) is 22.8 Å². The van der Waals surface area contributed by atoms with Crippen molar-refractivity contribution in [2.75, 3.05) is 20.8 Å². The van der Waals surface area contributed by atoms with Crippen LogP contribution in [-0.4, -0.2) is 31.8 Å². The minimum Gasteiger partial charge on any atom is -0.493 e. The second-order valence-electron chi connectivity index (χ2n) is 5.90. The zero-order valence-corrected chi connectivity index (χ0v) is 15.9. The van der Waals surface area contributed by atoms with E-state index in [0.29, 0.717) is 23.0 Å². The molecule has 0 aliphatic heterocycles. The Labute approximate surface area is 161 Å². The average Bonchev–Trinajstić information content (AvgIpc) is 3.37. The van der Waals surface area contributed by atoms with Gasteiger partial charge >= 0.3 is 0 Å². The smallest absolute Gasteiger partial charge is 0.224 e. The Morgan fingerprint density at radius 2 is 2.00 bits per heavy atom. The molecule has 142 valence electrons. The lowest BCUT2D eigenvalue weighted by Gasteiger charge is -2.11. The minimum atomic E-state index is -0.910. The number of methoxy groups -OCH3 is 2. The molecule has 6 nitrogen and oxygen atoms in total. The third kappa shape index (κ3) is 4.69. The zero-order chi connectivity index (χ0) is 19.2. The van der Waals surface area contributed by atoms with E-state index in [1.165, 1.54) is 0 Å². The molecule has 0 spiro atoms. The Balaban J connectivity index is 1.54. The van der Waals surface area contributed by atoms with Gasteiger partial charge in [0.05, 0.1) is 27.2 Å². The maximum Gasteiger partial charge on any atom is 0.224 e. The van der Waals surface area contributed by atoms with Gasteiger partial charge in [-0.15, -0.1) is 0 Å². The number of ether oxygens (including phenoxy) is 2. The molecule has 2 heterocycles. The van der Waals surface area contributed by atoms with Crippen LogP contribution >= 0.6 is 11.3 Å². The number of furan rings is 1. The van der Waals surface area contributed by atoms with Crippen LogP contribution in [0.25, 0.3) is 11.3 Å². The lowest BCUT2D eigenvalue weighted by atomic mass is 10.1. The summed E-state index contributed by atoms with van der Waals surface area (Å²) in [7, 11) is 3.11. The fraction of sp³-hybridized carbons (Fsp3) is 0.250. The van der Waals surface area contributed by atoms with Gasteiger partial charge in [-0.1, -0.05) is 6.07 Å². The Morgan fingerprint density at radius 1 is 1.19 bits per heavy atom. The molecule has 27 heavy (non-hydrogen) atoms. The largest absolute Gasteiger partial charge is 0.493 e. The number of nitrogens with one attached hydrogen (secondary N) is 1. The Morgan fingerprint density at radius 3 is 2.70 bits per heavy atom. The molecule has 0 saturated carbocycles. The van der Waals surface area contributed by atoms with Crippen molar-refractivity contribution < 1.29 is 23.8 Å². The SMILES string of the molecule is COc1ccc(CC(=O)NC[C@@H](O)c2ccc(-c3ccsc3)o2)cc1OC. The molecule has 3 rings (SSSR count). The number of thiophene rings is 1. The van der Waals surface area contributed by atoms with Gasteiger partial charge in [0.1, 0.15) is 17.6 Å². The monoisotopic (exact) mass is 387 g/mol. The number of hydrogen-bond acceptors (Lipinski definition) is 6. The second-order valence-corrected chi connectivity index (χ2v) is 6.68. The zero-order valence-electron chi connectivity index (χ0n) is 15.1. The van der Waals surface area contributed by atoms with E-state index in [9.17, 15) is 9.90 Å². The molecule has 2 N–H and O–H groups in total.